The van der Waals surface area contributed by atoms with E-state index in [9.17, 15) is 18.0 Å². The fourth-order valence-corrected chi connectivity index (χ4v) is 3.48. The van der Waals surface area contributed by atoms with Gasteiger partial charge in [0.05, 0.1) is 24.0 Å². The zero-order chi connectivity index (χ0) is 22.1. The highest BCUT2D eigenvalue weighted by Crippen LogP contribution is 2.30. The molecule has 0 aromatic carbocycles. The van der Waals surface area contributed by atoms with Crippen LogP contribution in [-0.2, 0) is 4.74 Å². The van der Waals surface area contributed by atoms with Crippen molar-refractivity contribution in [2.45, 2.75) is 77.6 Å². The molecule has 1 aliphatic carbocycles. The average molecular weight is 427 g/mol. The maximum atomic E-state index is 13.0. The lowest BCUT2D eigenvalue weighted by molar-refractivity contribution is -0.132. The molecule has 1 amide bonds. The quantitative estimate of drug-likeness (QED) is 0.720. The summed E-state index contributed by atoms with van der Waals surface area (Å²) < 4.78 is 45.9. The van der Waals surface area contributed by atoms with Crippen LogP contribution in [0.2, 0.25) is 0 Å². The first-order valence-electron chi connectivity index (χ1n) is 10.1. The number of fused-ring (bicyclic) bond motifs is 1. The van der Waals surface area contributed by atoms with E-state index in [2.05, 4.69) is 15.4 Å². The first-order chi connectivity index (χ1) is 13.9. The van der Waals surface area contributed by atoms with Gasteiger partial charge < -0.3 is 10.1 Å². The zero-order valence-corrected chi connectivity index (χ0v) is 17.7. The number of nitrogens with zero attached hydrogens (tertiary/aromatic N) is 4. The fourth-order valence-electron chi connectivity index (χ4n) is 3.48. The first-order valence-corrected chi connectivity index (χ1v) is 10.1. The second kappa shape index (κ2) is 8.31. The minimum Gasteiger partial charge on any atom is -0.443 e. The molecule has 1 saturated carbocycles. The van der Waals surface area contributed by atoms with E-state index in [1.807, 2.05) is 0 Å². The third-order valence-corrected chi connectivity index (χ3v) is 4.85. The van der Waals surface area contributed by atoms with Gasteiger partial charge in [-0.25, -0.2) is 14.3 Å². The van der Waals surface area contributed by atoms with Crippen molar-refractivity contribution in [1.29, 1.82) is 0 Å². The smallest absolute Gasteiger partial charge is 0.414 e. The number of nitrogens with one attached hydrogen (secondary N) is 1. The Morgan fingerprint density at radius 2 is 1.97 bits per heavy atom. The van der Waals surface area contributed by atoms with E-state index in [0.29, 0.717) is 17.2 Å². The number of anilines is 2. The summed E-state index contributed by atoms with van der Waals surface area (Å²) in [4.78, 5) is 18.1. The number of aromatic nitrogens is 3. The third-order valence-electron chi connectivity index (χ3n) is 4.85. The largest absolute Gasteiger partial charge is 0.443 e. The Bertz CT molecular complexity index is 898. The van der Waals surface area contributed by atoms with E-state index < -0.39 is 30.8 Å². The number of aryl methyl sites for hydroxylation is 1. The Morgan fingerprint density at radius 3 is 2.57 bits per heavy atom. The van der Waals surface area contributed by atoms with Crippen LogP contribution in [0.15, 0.2) is 12.3 Å². The number of amides is 1. The molecule has 0 aliphatic heterocycles. The Kier molecular flexibility index (Phi) is 6.14. The molecule has 1 aliphatic rings. The summed E-state index contributed by atoms with van der Waals surface area (Å²) in [5.41, 5.74) is 0.392. The molecule has 0 bridgehead atoms. The third kappa shape index (κ3) is 5.54. The molecule has 2 aromatic heterocycles. The summed E-state index contributed by atoms with van der Waals surface area (Å²) in [5, 5.41) is 7.87. The lowest BCUT2D eigenvalue weighted by Gasteiger charge is -2.28. The number of carbonyl (C=O) groups is 1. The van der Waals surface area contributed by atoms with Crippen LogP contribution in [0.25, 0.3) is 5.65 Å². The van der Waals surface area contributed by atoms with Crippen molar-refractivity contribution in [2.75, 3.05) is 16.8 Å². The molecule has 0 radical (unpaired) electrons. The van der Waals surface area contributed by atoms with Gasteiger partial charge in [-0.05, 0) is 40.5 Å². The van der Waals surface area contributed by atoms with Crippen molar-refractivity contribution < 1.29 is 22.7 Å². The lowest BCUT2D eigenvalue weighted by Crippen LogP contribution is -2.39. The average Bonchev–Trinajstić information content (AvgIpc) is 3.23. The second-order valence-electron chi connectivity index (χ2n) is 8.67. The zero-order valence-electron chi connectivity index (χ0n) is 17.7. The summed E-state index contributed by atoms with van der Waals surface area (Å²) in [7, 11) is 0. The Hall–Kier alpha value is -2.52. The molecule has 0 spiro atoms. The second-order valence-corrected chi connectivity index (χ2v) is 8.67. The van der Waals surface area contributed by atoms with Crippen LogP contribution in [0, 0.1) is 6.92 Å². The molecular weight excluding hydrogens is 399 g/mol. The van der Waals surface area contributed by atoms with Crippen molar-refractivity contribution in [3.05, 3.63) is 18.0 Å². The molecular formula is C20H28F3N5O2. The molecule has 2 aromatic rings. The Labute approximate surface area is 173 Å². The van der Waals surface area contributed by atoms with Gasteiger partial charge in [-0.1, -0.05) is 12.8 Å². The van der Waals surface area contributed by atoms with Crippen LogP contribution < -0.4 is 10.2 Å². The topological polar surface area (TPSA) is 71.8 Å². The Morgan fingerprint density at radius 1 is 1.30 bits per heavy atom. The molecule has 0 unspecified atom stereocenters. The van der Waals surface area contributed by atoms with E-state index in [0.717, 1.165) is 30.6 Å². The van der Waals surface area contributed by atoms with Crippen LogP contribution in [0.1, 0.15) is 58.6 Å². The van der Waals surface area contributed by atoms with Crippen molar-refractivity contribution in [2.24, 2.45) is 0 Å². The molecule has 2 heterocycles. The van der Waals surface area contributed by atoms with Gasteiger partial charge in [0.25, 0.3) is 0 Å². The number of hydrogen-bond donors (Lipinski definition) is 1. The molecule has 1 N–H and O–H groups in total. The first kappa shape index (κ1) is 22.2. The molecule has 7 nitrogen and oxygen atoms in total. The minimum atomic E-state index is -4.42. The van der Waals surface area contributed by atoms with Crippen LogP contribution in [-0.4, -0.2) is 45.1 Å². The summed E-state index contributed by atoms with van der Waals surface area (Å²) in [5.74, 6) is 0.492. The predicted octanol–water partition coefficient (Wildman–Crippen LogP) is 5.09. The molecule has 166 valence electrons. The number of rotatable bonds is 5. The van der Waals surface area contributed by atoms with E-state index in [-0.39, 0.29) is 11.7 Å². The van der Waals surface area contributed by atoms with Gasteiger partial charge >= 0.3 is 12.3 Å². The summed E-state index contributed by atoms with van der Waals surface area (Å²) >= 11 is 0. The van der Waals surface area contributed by atoms with Gasteiger partial charge in [-0.3, -0.25) is 4.90 Å². The van der Waals surface area contributed by atoms with Crippen LogP contribution in [0.4, 0.5) is 29.5 Å². The number of imidazole rings is 1. The maximum Gasteiger partial charge on any atom is 0.414 e. The monoisotopic (exact) mass is 427 g/mol. The summed E-state index contributed by atoms with van der Waals surface area (Å²) in [6.07, 6.45) is -0.622. The van der Waals surface area contributed by atoms with Gasteiger partial charge in [0, 0.05) is 18.7 Å². The van der Waals surface area contributed by atoms with Crippen LogP contribution in [0.5, 0.6) is 0 Å². The standard InChI is InChI=1S/C20H28F3N5O2/c1-13-12-24-17-15(11-16(26-28(13)17)25-14-7-5-6-8-14)27(10-9-20(21,22)23)18(29)30-19(2,3)4/h11-12,14H,5-10H2,1-4H3,(H,25,26). The number of hydrogen-bond acceptors (Lipinski definition) is 5. The van der Waals surface area contributed by atoms with Crippen molar-refractivity contribution in [1.82, 2.24) is 14.6 Å². The highest BCUT2D eigenvalue weighted by molar-refractivity contribution is 5.93. The van der Waals surface area contributed by atoms with E-state index in [1.165, 1.54) is 4.52 Å². The van der Waals surface area contributed by atoms with Gasteiger partial charge in [-0.2, -0.15) is 13.2 Å². The van der Waals surface area contributed by atoms with Gasteiger partial charge in [0.2, 0.25) is 0 Å². The lowest BCUT2D eigenvalue weighted by atomic mass is 10.2. The predicted molar refractivity (Wildman–Crippen MR) is 108 cm³/mol. The highest BCUT2D eigenvalue weighted by Gasteiger charge is 2.33. The number of ether oxygens (including phenoxy) is 1. The molecule has 0 atom stereocenters. The van der Waals surface area contributed by atoms with Crippen molar-refractivity contribution in [3.63, 3.8) is 0 Å². The van der Waals surface area contributed by atoms with Gasteiger partial charge in [0.15, 0.2) is 5.65 Å². The van der Waals surface area contributed by atoms with Gasteiger partial charge in [-0.15, -0.1) is 5.10 Å². The van der Waals surface area contributed by atoms with Crippen LogP contribution >= 0.6 is 0 Å². The maximum absolute atomic E-state index is 13.0. The highest BCUT2D eigenvalue weighted by atomic mass is 19.4. The molecule has 3 rings (SSSR count). The fraction of sp³-hybridized carbons (Fsp3) is 0.650. The Balaban J connectivity index is 2.02. The SMILES string of the molecule is Cc1cnc2c(N(CCC(F)(F)F)C(=O)OC(C)(C)C)cc(NC3CCCC3)nn12. The molecule has 0 saturated heterocycles. The summed E-state index contributed by atoms with van der Waals surface area (Å²) in [6.45, 7) is 6.22. The molecule has 10 heteroatoms. The van der Waals surface area contributed by atoms with Crippen molar-refractivity contribution in [3.8, 4) is 0 Å². The van der Waals surface area contributed by atoms with E-state index in [4.69, 9.17) is 4.74 Å². The van der Waals surface area contributed by atoms with Gasteiger partial charge in [0.1, 0.15) is 11.4 Å². The minimum absolute atomic E-state index is 0.233. The molecule has 1 fully saturated rings. The van der Waals surface area contributed by atoms with Crippen LogP contribution in [0.3, 0.4) is 0 Å². The van der Waals surface area contributed by atoms with Crippen molar-refractivity contribution >= 4 is 23.2 Å². The van der Waals surface area contributed by atoms with E-state index in [1.54, 1.807) is 40.0 Å². The van der Waals surface area contributed by atoms with E-state index >= 15 is 0 Å². The summed E-state index contributed by atoms with van der Waals surface area (Å²) in [6, 6.07) is 1.83. The molecule has 30 heavy (non-hydrogen) atoms. The number of alkyl halides is 3. The number of halogens is 3. The normalized spacial score (nSPS) is 15.6. The number of carbonyl (C=O) groups excluding carboxylic acids is 1.